The molecule has 184 valence electrons. The molecular weight excluding hydrogens is 483 g/mol. The van der Waals surface area contributed by atoms with Crippen LogP contribution in [0.1, 0.15) is 19.3 Å². The van der Waals surface area contributed by atoms with E-state index in [2.05, 4.69) is 15.3 Å². The van der Waals surface area contributed by atoms with Crippen LogP contribution in [0, 0.1) is 17.6 Å². The second-order valence-corrected chi connectivity index (χ2v) is 8.81. The number of benzene rings is 1. The molecule has 2 fully saturated rings. The van der Waals surface area contributed by atoms with Crippen molar-refractivity contribution in [1.82, 2.24) is 14.9 Å². The zero-order valence-corrected chi connectivity index (χ0v) is 18.6. The highest BCUT2D eigenvalue weighted by Gasteiger charge is 2.51. The Kier molecular flexibility index (Phi) is 6.70. The lowest BCUT2D eigenvalue weighted by Gasteiger charge is -2.47. The number of hydrogen-bond acceptors (Lipinski definition) is 6. The molecule has 2 aliphatic heterocycles. The molecule has 2 aromatic rings. The number of carbonyl (C=O) groups is 1. The van der Waals surface area contributed by atoms with Crippen LogP contribution in [0.3, 0.4) is 0 Å². The summed E-state index contributed by atoms with van der Waals surface area (Å²) < 4.78 is 70.0. The molecule has 2 aliphatic rings. The largest absolute Gasteiger partial charge is 0.393 e. The third kappa shape index (κ3) is 4.96. The van der Waals surface area contributed by atoms with Crippen LogP contribution < -0.4 is 16.0 Å². The number of aromatic nitrogens is 2. The van der Waals surface area contributed by atoms with E-state index in [0.29, 0.717) is 12.8 Å². The number of nitrogens with two attached hydrogens (primary N) is 1. The molecule has 2 saturated heterocycles. The summed E-state index contributed by atoms with van der Waals surface area (Å²) in [5.41, 5.74) is 5.75. The number of amides is 1. The topological polar surface area (TPSA) is 87.4 Å². The fraction of sp³-hybridized carbons (Fsp3) is 0.476. The Morgan fingerprint density at radius 1 is 1.12 bits per heavy atom. The number of hydrogen-bond donors (Lipinski definition) is 2. The van der Waals surface area contributed by atoms with Crippen molar-refractivity contribution in [1.29, 1.82) is 0 Å². The smallest absolute Gasteiger partial charge is 0.381 e. The van der Waals surface area contributed by atoms with Crippen molar-refractivity contribution in [2.75, 3.05) is 35.6 Å². The van der Waals surface area contributed by atoms with Gasteiger partial charge in [-0.1, -0.05) is 11.6 Å². The molecule has 1 unspecified atom stereocenters. The minimum absolute atomic E-state index is 0.112. The van der Waals surface area contributed by atoms with Gasteiger partial charge in [-0.2, -0.15) is 17.6 Å². The molecule has 7 nitrogen and oxygen atoms in total. The maximum absolute atomic E-state index is 14.5. The van der Waals surface area contributed by atoms with Gasteiger partial charge in [-0.05, 0) is 37.5 Å². The molecule has 34 heavy (non-hydrogen) atoms. The number of alkyl halides is 3. The van der Waals surface area contributed by atoms with E-state index >= 15 is 0 Å². The summed E-state index contributed by atoms with van der Waals surface area (Å²) in [4.78, 5) is 23.2. The fourth-order valence-corrected chi connectivity index (χ4v) is 4.84. The van der Waals surface area contributed by atoms with E-state index in [1.54, 1.807) is 0 Å². The third-order valence-corrected chi connectivity index (χ3v) is 6.39. The van der Waals surface area contributed by atoms with E-state index < -0.39 is 47.5 Å². The van der Waals surface area contributed by atoms with Crippen molar-refractivity contribution in [3.05, 3.63) is 41.2 Å². The van der Waals surface area contributed by atoms with Crippen LogP contribution in [0.4, 0.5) is 39.3 Å². The standard InChI is InChI=1S/C21H22ClF5N6O/c22-11-6-12(23)8-13(7-11)31-15-2-1-4-33(20(15)34)16-9-32(5-3-14(16)21(25,26)27)19-17(24)18(28)29-10-30-19/h6-8,10,14-16,31H,1-5,9H2,(H2,28,29,30)/t14?,15-,16-/m1/s1. The first-order chi connectivity index (χ1) is 16.0. The van der Waals surface area contributed by atoms with Crippen molar-refractivity contribution in [2.45, 2.75) is 37.5 Å². The van der Waals surface area contributed by atoms with Crippen molar-refractivity contribution < 1.29 is 26.7 Å². The van der Waals surface area contributed by atoms with Gasteiger partial charge in [0.15, 0.2) is 11.6 Å². The molecule has 1 aromatic heterocycles. The van der Waals surface area contributed by atoms with E-state index in [4.69, 9.17) is 17.3 Å². The third-order valence-electron chi connectivity index (χ3n) is 6.18. The van der Waals surface area contributed by atoms with Gasteiger partial charge in [0, 0.05) is 30.3 Å². The Hall–Kier alpha value is -2.89. The number of likely N-dealkylation sites (tertiary alicyclic amines) is 1. The summed E-state index contributed by atoms with van der Waals surface area (Å²) in [5, 5.41) is 3.01. The van der Waals surface area contributed by atoms with Gasteiger partial charge in [-0.25, -0.2) is 14.4 Å². The van der Waals surface area contributed by atoms with Crippen molar-refractivity contribution in [3.63, 3.8) is 0 Å². The normalized spacial score (nSPS) is 23.8. The van der Waals surface area contributed by atoms with Crippen LogP contribution in [-0.4, -0.2) is 58.7 Å². The summed E-state index contributed by atoms with van der Waals surface area (Å²) >= 11 is 5.87. The lowest BCUT2D eigenvalue weighted by molar-refractivity contribution is -0.197. The van der Waals surface area contributed by atoms with Crippen molar-refractivity contribution in [3.8, 4) is 0 Å². The van der Waals surface area contributed by atoms with E-state index in [1.807, 2.05) is 0 Å². The highest BCUT2D eigenvalue weighted by molar-refractivity contribution is 6.30. The number of nitrogens with zero attached hydrogens (tertiary/aromatic N) is 4. The molecular formula is C21H22ClF5N6O. The first-order valence-corrected chi connectivity index (χ1v) is 11.0. The van der Waals surface area contributed by atoms with Gasteiger partial charge in [0.1, 0.15) is 18.2 Å². The van der Waals surface area contributed by atoms with Gasteiger partial charge in [0.05, 0.1) is 12.0 Å². The number of halogens is 6. The molecule has 3 atom stereocenters. The quantitative estimate of drug-likeness (QED) is 0.615. The second kappa shape index (κ2) is 9.40. The fourth-order valence-electron chi connectivity index (χ4n) is 4.62. The van der Waals surface area contributed by atoms with Gasteiger partial charge < -0.3 is 20.9 Å². The molecule has 4 rings (SSSR count). The molecule has 0 bridgehead atoms. The minimum atomic E-state index is -4.56. The second-order valence-electron chi connectivity index (χ2n) is 8.38. The van der Waals surface area contributed by atoms with Gasteiger partial charge >= 0.3 is 6.18 Å². The number of carbonyl (C=O) groups excluding carboxylic acids is 1. The summed E-state index contributed by atoms with van der Waals surface area (Å²) in [6.07, 6.45) is -3.08. The van der Waals surface area contributed by atoms with Gasteiger partial charge in [0.25, 0.3) is 0 Å². The summed E-state index contributed by atoms with van der Waals surface area (Å²) in [6, 6.07) is 1.56. The Morgan fingerprint density at radius 2 is 1.88 bits per heavy atom. The number of nitrogens with one attached hydrogen (secondary N) is 1. The molecule has 1 amide bonds. The molecule has 3 heterocycles. The lowest BCUT2D eigenvalue weighted by Crippen LogP contribution is -2.62. The molecule has 0 saturated carbocycles. The number of anilines is 3. The van der Waals surface area contributed by atoms with Gasteiger partial charge in [-0.15, -0.1) is 0 Å². The van der Waals surface area contributed by atoms with Crippen LogP contribution in [0.15, 0.2) is 24.5 Å². The van der Waals surface area contributed by atoms with Crippen LogP contribution in [0.2, 0.25) is 5.02 Å². The van der Waals surface area contributed by atoms with Crippen molar-refractivity contribution >= 4 is 34.8 Å². The minimum Gasteiger partial charge on any atom is -0.381 e. The zero-order valence-electron chi connectivity index (χ0n) is 17.8. The Bertz CT molecular complexity index is 1050. The van der Waals surface area contributed by atoms with Crippen LogP contribution in [0.25, 0.3) is 0 Å². The van der Waals surface area contributed by atoms with Crippen LogP contribution in [0.5, 0.6) is 0 Å². The molecule has 13 heteroatoms. The average molecular weight is 505 g/mol. The number of piperidine rings is 2. The Balaban J connectivity index is 1.59. The average Bonchev–Trinajstić information content (AvgIpc) is 2.75. The Labute approximate surface area is 197 Å². The van der Waals surface area contributed by atoms with Gasteiger partial charge in [-0.3, -0.25) is 4.79 Å². The van der Waals surface area contributed by atoms with Crippen LogP contribution >= 0.6 is 11.6 Å². The number of rotatable bonds is 4. The maximum Gasteiger partial charge on any atom is 0.393 e. The first-order valence-electron chi connectivity index (χ1n) is 10.7. The summed E-state index contributed by atoms with van der Waals surface area (Å²) in [7, 11) is 0. The Morgan fingerprint density at radius 3 is 2.59 bits per heavy atom. The predicted molar refractivity (Wildman–Crippen MR) is 116 cm³/mol. The number of nitrogen functional groups attached to an aromatic ring is 1. The highest BCUT2D eigenvalue weighted by atomic mass is 35.5. The highest BCUT2D eigenvalue weighted by Crippen LogP contribution is 2.39. The van der Waals surface area contributed by atoms with E-state index in [1.165, 1.54) is 15.9 Å². The van der Waals surface area contributed by atoms with Crippen molar-refractivity contribution in [2.24, 2.45) is 5.92 Å². The predicted octanol–water partition coefficient (Wildman–Crippen LogP) is 3.85. The first kappa shape index (κ1) is 24.2. The zero-order chi connectivity index (χ0) is 24.6. The van der Waals surface area contributed by atoms with E-state index in [9.17, 15) is 26.7 Å². The lowest BCUT2D eigenvalue weighted by atomic mass is 9.87. The molecule has 3 N–H and O–H groups in total. The molecule has 1 aromatic carbocycles. The van der Waals surface area contributed by atoms with Crippen LogP contribution in [-0.2, 0) is 4.79 Å². The molecule has 0 spiro atoms. The molecule has 0 radical (unpaired) electrons. The van der Waals surface area contributed by atoms with Gasteiger partial charge in [0.2, 0.25) is 11.7 Å². The monoisotopic (exact) mass is 504 g/mol. The van der Waals surface area contributed by atoms with E-state index in [0.717, 1.165) is 18.5 Å². The molecule has 0 aliphatic carbocycles. The van der Waals surface area contributed by atoms with E-state index in [-0.39, 0.29) is 42.6 Å². The summed E-state index contributed by atoms with van der Waals surface area (Å²) in [5.74, 6) is -4.48. The maximum atomic E-state index is 14.5. The summed E-state index contributed by atoms with van der Waals surface area (Å²) in [6.45, 7) is -0.276. The SMILES string of the molecule is Nc1ncnc(N2CCC(C(F)(F)F)[C@H](N3CCC[C@@H](Nc4cc(F)cc(Cl)c4)C3=O)C2)c1F.